The zero-order valence-electron chi connectivity index (χ0n) is 15.6. The summed E-state index contributed by atoms with van der Waals surface area (Å²) in [5.74, 6) is 0.651. The van der Waals surface area contributed by atoms with E-state index in [0.29, 0.717) is 33.3 Å². The van der Waals surface area contributed by atoms with E-state index in [4.69, 9.17) is 9.15 Å². The monoisotopic (exact) mass is 422 g/mol. The Balaban J connectivity index is 1.55. The second kappa shape index (κ2) is 8.13. The van der Waals surface area contributed by atoms with Crippen molar-refractivity contribution in [2.45, 2.75) is 0 Å². The van der Waals surface area contributed by atoms with Gasteiger partial charge in [0.2, 0.25) is 5.13 Å². The third kappa shape index (κ3) is 4.03. The number of non-ortho nitro benzene ring substituents is 1. The average Bonchev–Trinajstić information content (AvgIpc) is 3.21. The molecule has 10 heteroatoms. The Kier molecular flexibility index (Phi) is 5.22. The minimum Gasteiger partial charge on any atom is -0.497 e. The van der Waals surface area contributed by atoms with Crippen molar-refractivity contribution in [2.24, 2.45) is 5.10 Å². The lowest BCUT2D eigenvalue weighted by molar-refractivity contribution is -0.384. The van der Waals surface area contributed by atoms with Crippen LogP contribution >= 0.6 is 11.3 Å². The maximum atomic E-state index is 12.3. The first kappa shape index (κ1) is 19.3. The molecule has 0 spiro atoms. The zero-order valence-corrected chi connectivity index (χ0v) is 16.4. The predicted octanol–water partition coefficient (Wildman–Crippen LogP) is 4.28. The van der Waals surface area contributed by atoms with Crippen molar-refractivity contribution in [2.75, 3.05) is 12.5 Å². The van der Waals surface area contributed by atoms with Gasteiger partial charge in [0.1, 0.15) is 11.3 Å². The van der Waals surface area contributed by atoms with Gasteiger partial charge in [0, 0.05) is 28.5 Å². The van der Waals surface area contributed by atoms with Crippen LogP contribution in [0.5, 0.6) is 5.75 Å². The molecule has 0 fully saturated rings. The quantitative estimate of drug-likeness (QED) is 0.213. The molecule has 2 heterocycles. The molecule has 9 nitrogen and oxygen atoms in total. The van der Waals surface area contributed by atoms with Crippen LogP contribution in [0.2, 0.25) is 0 Å². The van der Waals surface area contributed by atoms with Crippen molar-refractivity contribution in [3.8, 4) is 17.0 Å². The number of hydrazone groups is 1. The summed E-state index contributed by atoms with van der Waals surface area (Å²) in [6, 6.07) is 13.0. The van der Waals surface area contributed by atoms with Crippen LogP contribution in [0.15, 0.2) is 68.2 Å². The number of fused-ring (bicyclic) bond motifs is 1. The van der Waals surface area contributed by atoms with Crippen molar-refractivity contribution < 1.29 is 14.1 Å². The molecule has 0 unspecified atom stereocenters. The van der Waals surface area contributed by atoms with Crippen LogP contribution in [-0.2, 0) is 0 Å². The summed E-state index contributed by atoms with van der Waals surface area (Å²) in [7, 11) is 1.56. The van der Waals surface area contributed by atoms with E-state index >= 15 is 0 Å². The molecule has 0 aliphatic heterocycles. The highest BCUT2D eigenvalue weighted by Crippen LogP contribution is 2.27. The number of nitro benzene ring substituents is 1. The van der Waals surface area contributed by atoms with Gasteiger partial charge >= 0.3 is 5.63 Å². The molecule has 150 valence electrons. The molecule has 1 N–H and O–H groups in total. The number of nitrogens with zero attached hydrogens (tertiary/aromatic N) is 3. The Morgan fingerprint density at radius 3 is 2.93 bits per heavy atom. The van der Waals surface area contributed by atoms with Crippen molar-refractivity contribution in [3.05, 3.63) is 80.0 Å². The fraction of sp³-hybridized carbons (Fsp3) is 0.0500. The van der Waals surface area contributed by atoms with E-state index < -0.39 is 10.5 Å². The van der Waals surface area contributed by atoms with Crippen molar-refractivity contribution >= 4 is 39.3 Å². The molecular weight excluding hydrogens is 408 g/mol. The molecule has 30 heavy (non-hydrogen) atoms. The highest BCUT2D eigenvalue weighted by molar-refractivity contribution is 7.14. The van der Waals surface area contributed by atoms with Crippen LogP contribution < -0.4 is 15.8 Å². The zero-order chi connectivity index (χ0) is 21.1. The number of ether oxygens (including phenoxy) is 1. The summed E-state index contributed by atoms with van der Waals surface area (Å²) in [6.07, 6.45) is 1.45. The average molecular weight is 422 g/mol. The van der Waals surface area contributed by atoms with Gasteiger partial charge in [-0.15, -0.1) is 11.3 Å². The number of aromatic nitrogens is 1. The second-order valence-electron chi connectivity index (χ2n) is 6.11. The maximum Gasteiger partial charge on any atom is 0.345 e. The fourth-order valence-electron chi connectivity index (χ4n) is 2.74. The Morgan fingerprint density at radius 1 is 1.27 bits per heavy atom. The van der Waals surface area contributed by atoms with Crippen LogP contribution in [-0.4, -0.2) is 23.2 Å². The third-order valence-corrected chi connectivity index (χ3v) is 4.92. The van der Waals surface area contributed by atoms with E-state index in [0.717, 1.165) is 5.39 Å². The van der Waals surface area contributed by atoms with Gasteiger partial charge in [0.25, 0.3) is 5.69 Å². The Hall–Kier alpha value is -4.05. The molecule has 0 bridgehead atoms. The van der Waals surface area contributed by atoms with Gasteiger partial charge in [-0.2, -0.15) is 5.10 Å². The molecule has 2 aromatic heterocycles. The minimum absolute atomic E-state index is 0.0184. The molecule has 0 atom stereocenters. The van der Waals surface area contributed by atoms with Crippen LogP contribution in [0.3, 0.4) is 0 Å². The number of hydrogen-bond donors (Lipinski definition) is 1. The standard InChI is InChI=1S/C20H14N4O5S/c1-28-15-5-6-18-13(8-15)9-16(19(25)29-18)17-11-30-20(22-17)23-21-10-12-3-2-4-14(7-12)24(26)27/h2-11H,1H3,(H,22,23)/b21-10+. The highest BCUT2D eigenvalue weighted by atomic mass is 32.1. The summed E-state index contributed by atoms with van der Waals surface area (Å²) < 4.78 is 10.6. The molecule has 0 radical (unpaired) electrons. The molecule has 0 saturated carbocycles. The fourth-order valence-corrected chi connectivity index (χ4v) is 3.40. The molecule has 4 rings (SSSR count). The van der Waals surface area contributed by atoms with Gasteiger partial charge in [-0.1, -0.05) is 12.1 Å². The van der Waals surface area contributed by atoms with E-state index in [-0.39, 0.29) is 5.69 Å². The molecular formula is C20H14N4O5S. The predicted molar refractivity (Wildman–Crippen MR) is 114 cm³/mol. The molecule has 0 saturated heterocycles. The first-order valence-corrected chi connectivity index (χ1v) is 9.53. The number of rotatable bonds is 6. The van der Waals surface area contributed by atoms with Crippen LogP contribution in [0.25, 0.3) is 22.2 Å². The first-order chi connectivity index (χ1) is 14.5. The lowest BCUT2D eigenvalue weighted by Gasteiger charge is -2.03. The number of thiazole rings is 1. The smallest absolute Gasteiger partial charge is 0.345 e. The van der Waals surface area contributed by atoms with E-state index in [2.05, 4.69) is 15.5 Å². The molecule has 0 amide bonds. The van der Waals surface area contributed by atoms with E-state index in [1.807, 2.05) is 0 Å². The van der Waals surface area contributed by atoms with Gasteiger partial charge in [0.15, 0.2) is 0 Å². The summed E-state index contributed by atoms with van der Waals surface area (Å²) in [4.78, 5) is 27.1. The SMILES string of the molecule is COc1ccc2oc(=O)c(-c3csc(N/N=C/c4cccc([N+](=O)[O-])c4)n3)cc2c1. The lowest BCUT2D eigenvalue weighted by atomic mass is 10.1. The molecule has 2 aromatic carbocycles. The molecule has 4 aromatic rings. The summed E-state index contributed by atoms with van der Waals surface area (Å²) in [5.41, 5.74) is 4.04. The van der Waals surface area contributed by atoms with Gasteiger partial charge < -0.3 is 9.15 Å². The van der Waals surface area contributed by atoms with E-state index in [1.165, 1.54) is 29.7 Å². The topological polar surface area (TPSA) is 120 Å². The van der Waals surface area contributed by atoms with Crippen molar-refractivity contribution in [1.29, 1.82) is 0 Å². The van der Waals surface area contributed by atoms with E-state index in [1.54, 1.807) is 48.9 Å². The molecule has 0 aliphatic rings. The number of nitrogens with one attached hydrogen (secondary N) is 1. The van der Waals surface area contributed by atoms with Crippen molar-refractivity contribution in [1.82, 2.24) is 4.98 Å². The van der Waals surface area contributed by atoms with Gasteiger partial charge in [0.05, 0.1) is 29.5 Å². The summed E-state index contributed by atoms with van der Waals surface area (Å²) in [6.45, 7) is 0. The molecule has 0 aliphatic carbocycles. The van der Waals surface area contributed by atoms with Gasteiger partial charge in [-0.3, -0.25) is 15.5 Å². The summed E-state index contributed by atoms with van der Waals surface area (Å²) in [5, 5.41) is 17.8. The Morgan fingerprint density at radius 2 is 2.13 bits per heavy atom. The first-order valence-electron chi connectivity index (χ1n) is 8.65. The van der Waals surface area contributed by atoms with Crippen LogP contribution in [0.1, 0.15) is 5.56 Å². The van der Waals surface area contributed by atoms with Gasteiger partial charge in [-0.05, 0) is 24.3 Å². The second-order valence-corrected chi connectivity index (χ2v) is 6.97. The largest absolute Gasteiger partial charge is 0.497 e. The lowest BCUT2D eigenvalue weighted by Crippen LogP contribution is -2.03. The van der Waals surface area contributed by atoms with Crippen molar-refractivity contribution in [3.63, 3.8) is 0 Å². The number of anilines is 1. The number of hydrogen-bond acceptors (Lipinski definition) is 9. The number of benzene rings is 2. The summed E-state index contributed by atoms with van der Waals surface area (Å²) >= 11 is 1.26. The number of nitro groups is 1. The van der Waals surface area contributed by atoms with E-state index in [9.17, 15) is 14.9 Å². The normalized spacial score (nSPS) is 11.1. The Labute approximate surface area is 173 Å². The van der Waals surface area contributed by atoms with Gasteiger partial charge in [-0.25, -0.2) is 9.78 Å². The van der Waals surface area contributed by atoms with Crippen LogP contribution in [0, 0.1) is 10.1 Å². The Bertz CT molecular complexity index is 1330. The minimum atomic E-state index is -0.496. The van der Waals surface area contributed by atoms with Crippen LogP contribution in [0.4, 0.5) is 10.8 Å². The third-order valence-electron chi connectivity index (χ3n) is 4.17. The maximum absolute atomic E-state index is 12.3. The highest BCUT2D eigenvalue weighted by Gasteiger charge is 2.12. The number of methoxy groups -OCH3 is 1.